The lowest BCUT2D eigenvalue weighted by atomic mass is 9.69. The molecule has 0 bridgehead atoms. The van der Waals surface area contributed by atoms with Crippen molar-refractivity contribution in [1.29, 1.82) is 0 Å². The molecule has 2 amide bonds. The molecular formula is C25H42N2O5. The number of hydrogen-bond donors (Lipinski definition) is 2. The second kappa shape index (κ2) is 12.4. The molecule has 7 atom stereocenters. The maximum absolute atomic E-state index is 13.9. The molecule has 7 nitrogen and oxygen atoms in total. The molecule has 0 aromatic carbocycles. The van der Waals surface area contributed by atoms with Crippen molar-refractivity contribution in [3.05, 3.63) is 12.2 Å². The fraction of sp³-hybridized carbons (Fsp3) is 0.800. The second-order valence-electron chi connectivity index (χ2n) is 9.19. The summed E-state index contributed by atoms with van der Waals surface area (Å²) in [4.78, 5) is 41.8. The number of rotatable bonds is 12. The zero-order valence-corrected chi connectivity index (χ0v) is 20.4. The summed E-state index contributed by atoms with van der Waals surface area (Å²) in [7, 11) is 0. The number of nitrogens with one attached hydrogen (secondary N) is 1. The molecule has 1 heterocycles. The van der Waals surface area contributed by atoms with Gasteiger partial charge in [-0.05, 0) is 31.6 Å². The van der Waals surface area contributed by atoms with Crippen LogP contribution < -0.4 is 5.32 Å². The third kappa shape index (κ3) is 5.36. The Morgan fingerprint density at radius 3 is 2.47 bits per heavy atom. The summed E-state index contributed by atoms with van der Waals surface area (Å²) < 4.78 is 5.39. The van der Waals surface area contributed by atoms with Gasteiger partial charge in [0.05, 0.1) is 31.1 Å². The lowest BCUT2D eigenvalue weighted by Crippen LogP contribution is -2.54. The zero-order chi connectivity index (χ0) is 23.8. The Hall–Kier alpha value is -1.89. The molecule has 1 aliphatic heterocycles. The first kappa shape index (κ1) is 26.4. The minimum absolute atomic E-state index is 0.0199. The maximum Gasteiger partial charge on any atom is 0.310 e. The SMILES string of the molecule is CCCCNC(=O)[C@@H]1[C@H]2C=C[C@@H](CCC)[C@@H](C(=O)OCC)[C@H]2C(=O)N1[C@@H](CO)[C@@H](C)CC. The van der Waals surface area contributed by atoms with Crippen molar-refractivity contribution in [3.8, 4) is 0 Å². The molecule has 2 N–H and O–H groups in total. The van der Waals surface area contributed by atoms with Crippen LogP contribution in [0.4, 0.5) is 0 Å². The first-order chi connectivity index (χ1) is 15.4. The second-order valence-corrected chi connectivity index (χ2v) is 9.19. The fourth-order valence-electron chi connectivity index (χ4n) is 5.28. The van der Waals surface area contributed by atoms with E-state index < -0.39 is 29.8 Å². The van der Waals surface area contributed by atoms with E-state index in [0.717, 1.165) is 32.1 Å². The summed E-state index contributed by atoms with van der Waals surface area (Å²) in [6, 6.07) is -1.20. The predicted molar refractivity (Wildman–Crippen MR) is 124 cm³/mol. The number of aliphatic hydroxyl groups excluding tert-OH is 1. The van der Waals surface area contributed by atoms with Gasteiger partial charge in [-0.3, -0.25) is 14.4 Å². The molecule has 0 saturated carbocycles. The highest BCUT2D eigenvalue weighted by molar-refractivity contribution is 5.96. The average Bonchev–Trinajstić information content (AvgIpc) is 3.07. The lowest BCUT2D eigenvalue weighted by Gasteiger charge is -2.36. The van der Waals surface area contributed by atoms with E-state index in [1.807, 2.05) is 26.0 Å². The predicted octanol–water partition coefficient (Wildman–Crippen LogP) is 2.92. The van der Waals surface area contributed by atoms with Gasteiger partial charge in [-0.2, -0.15) is 0 Å². The van der Waals surface area contributed by atoms with E-state index >= 15 is 0 Å². The van der Waals surface area contributed by atoms with Crippen molar-refractivity contribution >= 4 is 17.8 Å². The van der Waals surface area contributed by atoms with Crippen molar-refractivity contribution in [2.45, 2.75) is 78.8 Å². The number of nitrogens with zero attached hydrogens (tertiary/aromatic N) is 1. The van der Waals surface area contributed by atoms with Crippen LogP contribution in [-0.2, 0) is 19.1 Å². The number of ether oxygens (including phenoxy) is 1. The third-order valence-electron chi connectivity index (χ3n) is 7.17. The molecule has 32 heavy (non-hydrogen) atoms. The summed E-state index contributed by atoms with van der Waals surface area (Å²) in [6.45, 7) is 10.4. The molecule has 0 spiro atoms. The Labute approximate surface area is 192 Å². The number of carbonyl (C=O) groups is 3. The van der Waals surface area contributed by atoms with E-state index in [0.29, 0.717) is 6.54 Å². The van der Waals surface area contributed by atoms with Crippen molar-refractivity contribution in [2.75, 3.05) is 19.8 Å². The maximum atomic E-state index is 13.9. The molecule has 182 valence electrons. The molecule has 7 heteroatoms. The van der Waals surface area contributed by atoms with E-state index in [1.165, 1.54) is 0 Å². The Kier molecular flexibility index (Phi) is 10.2. The largest absolute Gasteiger partial charge is 0.466 e. The molecule has 1 aliphatic carbocycles. The van der Waals surface area contributed by atoms with Crippen molar-refractivity contribution in [1.82, 2.24) is 10.2 Å². The van der Waals surface area contributed by atoms with Gasteiger partial charge in [0.2, 0.25) is 11.8 Å². The monoisotopic (exact) mass is 450 g/mol. The van der Waals surface area contributed by atoms with Gasteiger partial charge in [0.25, 0.3) is 0 Å². The summed E-state index contributed by atoms with van der Waals surface area (Å²) in [6.07, 6.45) is 8.21. The molecule has 2 aliphatic rings. The Morgan fingerprint density at radius 1 is 1.19 bits per heavy atom. The smallest absolute Gasteiger partial charge is 0.310 e. The first-order valence-electron chi connectivity index (χ1n) is 12.4. The van der Waals surface area contributed by atoms with Gasteiger partial charge in [-0.1, -0.05) is 59.1 Å². The number of fused-ring (bicyclic) bond motifs is 1. The van der Waals surface area contributed by atoms with E-state index in [-0.39, 0.29) is 42.8 Å². The van der Waals surface area contributed by atoms with E-state index in [9.17, 15) is 19.5 Å². The van der Waals surface area contributed by atoms with E-state index in [1.54, 1.807) is 11.8 Å². The molecule has 0 unspecified atom stereocenters. The summed E-state index contributed by atoms with van der Waals surface area (Å²) in [5, 5.41) is 13.2. The van der Waals surface area contributed by atoms with Crippen LogP contribution in [0, 0.1) is 29.6 Å². The lowest BCUT2D eigenvalue weighted by molar-refractivity contribution is -0.156. The number of esters is 1. The molecule has 1 saturated heterocycles. The van der Waals surface area contributed by atoms with E-state index in [2.05, 4.69) is 19.2 Å². The van der Waals surface area contributed by atoms with Crippen LogP contribution in [-0.4, -0.2) is 59.6 Å². The minimum atomic E-state index is -0.730. The van der Waals surface area contributed by atoms with Gasteiger partial charge in [-0.25, -0.2) is 0 Å². The van der Waals surface area contributed by atoms with Crippen molar-refractivity contribution < 1.29 is 24.2 Å². The van der Waals surface area contributed by atoms with Gasteiger partial charge < -0.3 is 20.1 Å². The quantitative estimate of drug-likeness (QED) is 0.271. The van der Waals surface area contributed by atoms with Crippen LogP contribution >= 0.6 is 0 Å². The Bertz CT molecular complexity index is 679. The average molecular weight is 451 g/mol. The number of carbonyl (C=O) groups excluding carboxylic acids is 3. The van der Waals surface area contributed by atoms with E-state index in [4.69, 9.17) is 4.74 Å². The molecular weight excluding hydrogens is 408 g/mol. The summed E-state index contributed by atoms with van der Waals surface area (Å²) in [5.41, 5.74) is 0. The number of amides is 2. The molecule has 1 fully saturated rings. The third-order valence-corrected chi connectivity index (χ3v) is 7.17. The number of likely N-dealkylation sites (tertiary alicyclic amines) is 1. The fourth-order valence-corrected chi connectivity index (χ4v) is 5.28. The number of unbranched alkanes of at least 4 members (excludes halogenated alkanes) is 1. The van der Waals surface area contributed by atoms with Crippen LogP contribution in [0.25, 0.3) is 0 Å². The standard InChI is InChI=1S/C25H42N2O5/c1-6-10-14-26-23(29)22-18-13-12-17(11-7-2)20(25(31)32-9-4)21(18)24(30)27(22)19(15-28)16(5)8-3/h12-13,16-22,28H,6-11,14-15H2,1-5H3,(H,26,29)/t16-,17+,18-,19-,20+,21-,22-/m0/s1. The van der Waals surface area contributed by atoms with Crippen LogP contribution in [0.15, 0.2) is 12.2 Å². The molecule has 0 radical (unpaired) electrons. The van der Waals surface area contributed by atoms with Crippen LogP contribution in [0.2, 0.25) is 0 Å². The molecule has 0 aromatic rings. The normalized spacial score (nSPS) is 28.9. The highest BCUT2D eigenvalue weighted by Crippen LogP contribution is 2.46. The van der Waals surface area contributed by atoms with Gasteiger partial charge >= 0.3 is 5.97 Å². The minimum Gasteiger partial charge on any atom is -0.466 e. The summed E-state index contributed by atoms with van der Waals surface area (Å²) in [5.74, 6) is -2.52. The molecule has 2 rings (SSSR count). The number of allylic oxidation sites excluding steroid dienone is 1. The van der Waals surface area contributed by atoms with Crippen LogP contribution in [0.3, 0.4) is 0 Å². The Morgan fingerprint density at radius 2 is 1.91 bits per heavy atom. The van der Waals surface area contributed by atoms with Gasteiger partial charge in [0.15, 0.2) is 0 Å². The molecule has 0 aromatic heterocycles. The zero-order valence-electron chi connectivity index (χ0n) is 20.4. The van der Waals surface area contributed by atoms with Gasteiger partial charge in [-0.15, -0.1) is 0 Å². The summed E-state index contributed by atoms with van der Waals surface area (Å²) >= 11 is 0. The van der Waals surface area contributed by atoms with Gasteiger partial charge in [0, 0.05) is 12.5 Å². The topological polar surface area (TPSA) is 95.9 Å². The van der Waals surface area contributed by atoms with Crippen molar-refractivity contribution in [3.63, 3.8) is 0 Å². The highest BCUT2D eigenvalue weighted by Gasteiger charge is 2.59. The number of aliphatic hydroxyl groups is 1. The highest BCUT2D eigenvalue weighted by atomic mass is 16.5. The van der Waals surface area contributed by atoms with Gasteiger partial charge in [0.1, 0.15) is 6.04 Å². The number of hydrogen-bond acceptors (Lipinski definition) is 5. The first-order valence-corrected chi connectivity index (χ1v) is 12.4. The van der Waals surface area contributed by atoms with Crippen molar-refractivity contribution in [2.24, 2.45) is 29.6 Å². The van der Waals surface area contributed by atoms with Crippen LogP contribution in [0.1, 0.15) is 66.7 Å². The Balaban J connectivity index is 2.51. The van der Waals surface area contributed by atoms with Crippen LogP contribution in [0.5, 0.6) is 0 Å².